The fourth-order valence-electron chi connectivity index (χ4n) is 1.90. The summed E-state index contributed by atoms with van der Waals surface area (Å²) < 4.78 is 26.0. The highest BCUT2D eigenvalue weighted by atomic mass is 19.3. The highest BCUT2D eigenvalue weighted by molar-refractivity contribution is 5.48. The molecule has 2 rings (SSSR count). The molecule has 0 amide bonds. The summed E-state index contributed by atoms with van der Waals surface area (Å²) in [6.45, 7) is 10.6. The van der Waals surface area contributed by atoms with Crippen LogP contribution in [0.5, 0.6) is 0 Å². The summed E-state index contributed by atoms with van der Waals surface area (Å²) in [5.41, 5.74) is 6.63. The summed E-state index contributed by atoms with van der Waals surface area (Å²) in [6.07, 6.45) is -0.217. The molecule has 1 saturated heterocycles. The average Bonchev–Trinajstić information content (AvgIpc) is 2.42. The Bertz CT molecular complexity index is 364. The van der Waals surface area contributed by atoms with Crippen LogP contribution >= 0.6 is 0 Å². The maximum absolute atomic E-state index is 13.0. The van der Waals surface area contributed by atoms with Crippen molar-refractivity contribution in [1.82, 2.24) is 4.98 Å². The molecule has 0 radical (unpaired) electrons. The van der Waals surface area contributed by atoms with Gasteiger partial charge in [0.1, 0.15) is 11.6 Å². The van der Waals surface area contributed by atoms with Crippen molar-refractivity contribution in [1.29, 1.82) is 0 Å². The van der Waals surface area contributed by atoms with Crippen molar-refractivity contribution in [3.8, 4) is 0 Å². The number of nitrogen functional groups attached to an aromatic ring is 1. The van der Waals surface area contributed by atoms with Crippen LogP contribution in [0.4, 0.5) is 20.4 Å². The predicted octanol–water partition coefficient (Wildman–Crippen LogP) is 4.26. The van der Waals surface area contributed by atoms with Crippen molar-refractivity contribution in [2.75, 3.05) is 23.7 Å². The number of pyridine rings is 1. The molecule has 2 N–H and O–H groups in total. The Morgan fingerprint density at radius 2 is 1.60 bits per heavy atom. The molecule has 0 aliphatic carbocycles. The van der Waals surface area contributed by atoms with Crippen molar-refractivity contribution in [2.45, 2.75) is 53.4 Å². The van der Waals surface area contributed by atoms with E-state index in [9.17, 15) is 8.78 Å². The second-order valence-electron chi connectivity index (χ2n) is 4.27. The Morgan fingerprint density at radius 1 is 1.10 bits per heavy atom. The molecule has 1 fully saturated rings. The van der Waals surface area contributed by atoms with Gasteiger partial charge in [-0.25, -0.2) is 13.8 Å². The van der Waals surface area contributed by atoms with Crippen LogP contribution in [0.1, 0.15) is 46.1 Å². The molecule has 0 aromatic carbocycles. The summed E-state index contributed by atoms with van der Waals surface area (Å²) in [5.74, 6) is -1.38. The maximum atomic E-state index is 13.0. The van der Waals surface area contributed by atoms with E-state index in [4.69, 9.17) is 5.73 Å². The number of piperidine rings is 1. The first-order valence-electron chi connectivity index (χ1n) is 7.33. The van der Waals surface area contributed by atoms with Crippen molar-refractivity contribution < 1.29 is 8.78 Å². The topological polar surface area (TPSA) is 42.1 Å². The van der Waals surface area contributed by atoms with Gasteiger partial charge < -0.3 is 10.6 Å². The van der Waals surface area contributed by atoms with E-state index < -0.39 is 5.92 Å². The molecule has 0 spiro atoms. The quantitative estimate of drug-likeness (QED) is 0.839. The molecule has 1 aliphatic rings. The van der Waals surface area contributed by atoms with E-state index >= 15 is 0 Å². The molecule has 1 aromatic heterocycles. The van der Waals surface area contributed by atoms with E-state index in [2.05, 4.69) is 4.98 Å². The number of rotatable bonds is 1. The Labute approximate surface area is 121 Å². The van der Waals surface area contributed by atoms with Crippen LogP contribution in [-0.2, 0) is 0 Å². The first-order valence-corrected chi connectivity index (χ1v) is 7.33. The normalized spacial score (nSPS) is 16.4. The zero-order valence-corrected chi connectivity index (χ0v) is 13.2. The molecular weight excluding hydrogens is 260 g/mol. The number of nitrogens with two attached hydrogens (primary N) is 1. The first-order chi connectivity index (χ1) is 9.46. The third kappa shape index (κ3) is 5.72. The van der Waals surface area contributed by atoms with Gasteiger partial charge in [-0.2, -0.15) is 0 Å². The summed E-state index contributed by atoms with van der Waals surface area (Å²) in [7, 11) is 0. The van der Waals surface area contributed by atoms with Gasteiger partial charge in [-0.1, -0.05) is 27.7 Å². The van der Waals surface area contributed by atoms with E-state index in [0.717, 1.165) is 5.56 Å². The Kier molecular flexibility index (Phi) is 8.11. The molecule has 0 unspecified atom stereocenters. The minimum atomic E-state index is -2.52. The molecule has 0 atom stereocenters. The van der Waals surface area contributed by atoms with Crippen LogP contribution in [0, 0.1) is 6.92 Å². The van der Waals surface area contributed by atoms with Gasteiger partial charge in [0.05, 0.1) is 0 Å². The SMILES string of the molecule is CC.CC.Cc1cc(N)nc(N2CCC(F)(F)CC2)c1. The third-order valence-corrected chi connectivity index (χ3v) is 2.79. The van der Waals surface area contributed by atoms with Crippen LogP contribution in [-0.4, -0.2) is 24.0 Å². The van der Waals surface area contributed by atoms with Crippen LogP contribution in [0.15, 0.2) is 12.1 Å². The molecule has 3 nitrogen and oxygen atoms in total. The number of nitrogens with zero attached hydrogens (tertiary/aromatic N) is 2. The van der Waals surface area contributed by atoms with Gasteiger partial charge >= 0.3 is 0 Å². The fraction of sp³-hybridized carbons (Fsp3) is 0.667. The van der Waals surface area contributed by atoms with Crippen molar-refractivity contribution in [3.05, 3.63) is 17.7 Å². The zero-order valence-electron chi connectivity index (χ0n) is 13.2. The average molecular weight is 287 g/mol. The lowest BCUT2D eigenvalue weighted by molar-refractivity contribution is -0.0221. The van der Waals surface area contributed by atoms with E-state index in [-0.39, 0.29) is 12.8 Å². The molecule has 20 heavy (non-hydrogen) atoms. The lowest BCUT2D eigenvalue weighted by Gasteiger charge is -2.32. The van der Waals surface area contributed by atoms with Crippen LogP contribution in [0.25, 0.3) is 0 Å². The monoisotopic (exact) mass is 287 g/mol. The minimum absolute atomic E-state index is 0.109. The third-order valence-electron chi connectivity index (χ3n) is 2.79. The Hall–Kier alpha value is -1.39. The van der Waals surface area contributed by atoms with Gasteiger partial charge in [0, 0.05) is 25.9 Å². The highest BCUT2D eigenvalue weighted by Gasteiger charge is 2.34. The largest absolute Gasteiger partial charge is 0.384 e. The summed E-state index contributed by atoms with van der Waals surface area (Å²) in [5, 5.41) is 0. The molecule has 1 aliphatic heterocycles. The molecule has 0 saturated carbocycles. The second-order valence-corrected chi connectivity index (χ2v) is 4.27. The fourth-order valence-corrected chi connectivity index (χ4v) is 1.90. The van der Waals surface area contributed by atoms with E-state index in [0.29, 0.717) is 24.7 Å². The number of aromatic nitrogens is 1. The van der Waals surface area contributed by atoms with E-state index in [1.807, 2.05) is 45.6 Å². The van der Waals surface area contributed by atoms with Crippen LogP contribution in [0.2, 0.25) is 0 Å². The van der Waals surface area contributed by atoms with Gasteiger partial charge in [-0.3, -0.25) is 0 Å². The summed E-state index contributed by atoms with van der Waals surface area (Å²) in [4.78, 5) is 6.03. The van der Waals surface area contributed by atoms with Crippen molar-refractivity contribution in [2.24, 2.45) is 0 Å². The minimum Gasteiger partial charge on any atom is -0.384 e. The Morgan fingerprint density at radius 3 is 2.05 bits per heavy atom. The number of hydrogen-bond donors (Lipinski definition) is 1. The predicted molar refractivity (Wildman–Crippen MR) is 82.5 cm³/mol. The van der Waals surface area contributed by atoms with Crippen LogP contribution in [0.3, 0.4) is 0 Å². The number of alkyl halides is 2. The summed E-state index contributed by atoms with van der Waals surface area (Å²) in [6, 6.07) is 3.64. The van der Waals surface area contributed by atoms with Gasteiger partial charge in [0.25, 0.3) is 5.92 Å². The number of aryl methyl sites for hydroxylation is 1. The molecule has 2 heterocycles. The molecule has 5 heteroatoms. The number of anilines is 2. The lowest BCUT2D eigenvalue weighted by Crippen LogP contribution is -2.39. The highest BCUT2D eigenvalue weighted by Crippen LogP contribution is 2.30. The molecule has 1 aromatic rings. The molecule has 116 valence electrons. The number of halogens is 2. The first kappa shape index (κ1) is 18.6. The standard InChI is InChI=1S/C11H15F2N3.2C2H6/c1-8-6-9(14)15-10(7-8)16-4-2-11(12,13)3-5-16;2*1-2/h6-7H,2-5H2,1H3,(H2,14,15);2*1-2H3. The van der Waals surface area contributed by atoms with Gasteiger partial charge in [0.15, 0.2) is 0 Å². The number of hydrogen-bond acceptors (Lipinski definition) is 3. The maximum Gasteiger partial charge on any atom is 0.251 e. The molecule has 0 bridgehead atoms. The van der Waals surface area contributed by atoms with E-state index in [1.165, 1.54) is 0 Å². The Balaban J connectivity index is 0.000000829. The van der Waals surface area contributed by atoms with Crippen molar-refractivity contribution >= 4 is 11.6 Å². The van der Waals surface area contributed by atoms with Gasteiger partial charge in [-0.05, 0) is 24.6 Å². The van der Waals surface area contributed by atoms with Gasteiger partial charge in [0.2, 0.25) is 0 Å². The molecular formula is C15H27F2N3. The smallest absolute Gasteiger partial charge is 0.251 e. The summed E-state index contributed by atoms with van der Waals surface area (Å²) >= 11 is 0. The lowest BCUT2D eigenvalue weighted by atomic mass is 10.1. The second kappa shape index (κ2) is 8.72. The zero-order chi connectivity index (χ0) is 15.8. The van der Waals surface area contributed by atoms with E-state index in [1.54, 1.807) is 6.07 Å². The van der Waals surface area contributed by atoms with Gasteiger partial charge in [-0.15, -0.1) is 0 Å². The van der Waals surface area contributed by atoms with Crippen LogP contribution < -0.4 is 10.6 Å². The van der Waals surface area contributed by atoms with Crippen molar-refractivity contribution in [3.63, 3.8) is 0 Å².